The molecule has 2 aliphatic rings. The molecule has 2 N–H and O–H groups in total. The molecule has 0 radical (unpaired) electrons. The van der Waals surface area contributed by atoms with Gasteiger partial charge in [0.1, 0.15) is 6.04 Å². The smallest absolute Gasteiger partial charge is 0.243 e. The highest BCUT2D eigenvalue weighted by atomic mass is 32.2. The summed E-state index contributed by atoms with van der Waals surface area (Å²) in [5.41, 5.74) is 4.03. The first-order chi connectivity index (χ1) is 14.2. The summed E-state index contributed by atoms with van der Waals surface area (Å²) in [5, 5.41) is 6.54. The maximum atomic E-state index is 13.1. The van der Waals surface area contributed by atoms with Gasteiger partial charge in [-0.2, -0.15) is 0 Å². The second-order valence-electron chi connectivity index (χ2n) is 9.29. The Bertz CT molecular complexity index is 787. The van der Waals surface area contributed by atoms with Crippen molar-refractivity contribution in [3.05, 3.63) is 35.4 Å². The fraction of sp³-hybridized carbons (Fsp3) is 0.609. The molecule has 0 aliphatic carbocycles. The number of amides is 2. The van der Waals surface area contributed by atoms with E-state index in [0.717, 1.165) is 12.0 Å². The van der Waals surface area contributed by atoms with Crippen molar-refractivity contribution in [3.8, 4) is 0 Å². The van der Waals surface area contributed by atoms with Crippen molar-refractivity contribution in [2.45, 2.75) is 70.5 Å². The van der Waals surface area contributed by atoms with Crippen LogP contribution in [0, 0.1) is 5.41 Å². The predicted molar refractivity (Wildman–Crippen MR) is 124 cm³/mol. The first kappa shape index (κ1) is 22.8. The van der Waals surface area contributed by atoms with Gasteiger partial charge in [0.25, 0.3) is 0 Å². The van der Waals surface area contributed by atoms with Crippen LogP contribution < -0.4 is 10.6 Å². The summed E-state index contributed by atoms with van der Waals surface area (Å²) in [7, 11) is 1.81. The summed E-state index contributed by atoms with van der Waals surface area (Å²) in [5.74, 6) is -0.0561. The average Bonchev–Trinajstić information content (AvgIpc) is 3.35. The average molecular weight is 431 g/mol. The summed E-state index contributed by atoms with van der Waals surface area (Å²) in [6.45, 7) is 9.35. The molecule has 0 saturated carbocycles. The standard InChI is InChI=1S/C23H34N4O2S/c1-15-19(30-14-26-15)17-10-8-16(9-11-17)13-25-21(28)18-7-6-12-27(18)22(29)20(24-5)23(2,3)4/h8-11,14-15,18-20,24H,6-7,12-13H2,1-5H3,(H,25,28)/t15?,18-,19?,20+/m0/s1. The lowest BCUT2D eigenvalue weighted by molar-refractivity contribution is -0.142. The monoisotopic (exact) mass is 430 g/mol. The summed E-state index contributed by atoms with van der Waals surface area (Å²) in [4.78, 5) is 32.1. The Morgan fingerprint density at radius 3 is 2.53 bits per heavy atom. The molecule has 0 spiro atoms. The zero-order chi connectivity index (χ0) is 21.9. The number of carbonyl (C=O) groups is 2. The van der Waals surface area contributed by atoms with Gasteiger partial charge in [0.05, 0.1) is 22.9 Å². The predicted octanol–water partition coefficient (Wildman–Crippen LogP) is 3.13. The van der Waals surface area contributed by atoms with Gasteiger partial charge in [0.2, 0.25) is 11.8 Å². The number of rotatable bonds is 6. The molecule has 2 aliphatic heterocycles. The lowest BCUT2D eigenvalue weighted by atomic mass is 9.86. The van der Waals surface area contributed by atoms with Crippen LogP contribution in [0.15, 0.2) is 29.3 Å². The first-order valence-corrected chi connectivity index (χ1v) is 11.7. The van der Waals surface area contributed by atoms with Gasteiger partial charge in [-0.05, 0) is 43.4 Å². The number of nitrogens with zero attached hydrogens (tertiary/aromatic N) is 2. The van der Waals surface area contributed by atoms with Gasteiger partial charge in [-0.15, -0.1) is 11.8 Å². The van der Waals surface area contributed by atoms with Crippen LogP contribution in [0.4, 0.5) is 0 Å². The molecule has 164 valence electrons. The van der Waals surface area contributed by atoms with Crippen molar-refractivity contribution >= 4 is 29.1 Å². The Morgan fingerprint density at radius 2 is 1.97 bits per heavy atom. The quantitative estimate of drug-likeness (QED) is 0.727. The molecular weight excluding hydrogens is 396 g/mol. The molecule has 0 aromatic heterocycles. The molecule has 30 heavy (non-hydrogen) atoms. The minimum Gasteiger partial charge on any atom is -0.350 e. The van der Waals surface area contributed by atoms with Gasteiger partial charge in [0, 0.05) is 13.1 Å². The fourth-order valence-corrected chi connectivity index (χ4v) is 5.28. The van der Waals surface area contributed by atoms with Gasteiger partial charge in [-0.25, -0.2) is 0 Å². The fourth-order valence-electron chi connectivity index (χ4n) is 4.27. The third-order valence-corrected chi connectivity index (χ3v) is 7.16. The van der Waals surface area contributed by atoms with E-state index >= 15 is 0 Å². The Labute approximate surface area is 184 Å². The molecule has 4 atom stereocenters. The first-order valence-electron chi connectivity index (χ1n) is 10.7. The van der Waals surface area contributed by atoms with Gasteiger partial charge < -0.3 is 15.5 Å². The van der Waals surface area contributed by atoms with Crippen molar-refractivity contribution in [3.63, 3.8) is 0 Å². The molecule has 1 saturated heterocycles. The minimum atomic E-state index is -0.386. The van der Waals surface area contributed by atoms with Crippen LogP contribution in [0.5, 0.6) is 0 Å². The number of aliphatic imine (C=N–C) groups is 1. The lowest BCUT2D eigenvalue weighted by Gasteiger charge is -2.34. The van der Waals surface area contributed by atoms with E-state index in [-0.39, 0.29) is 29.3 Å². The number of hydrogen-bond donors (Lipinski definition) is 2. The molecule has 6 nitrogen and oxygen atoms in total. The molecule has 1 aromatic carbocycles. The van der Waals surface area contributed by atoms with Crippen LogP contribution in [0.3, 0.4) is 0 Å². The molecule has 7 heteroatoms. The van der Waals surface area contributed by atoms with E-state index in [1.807, 2.05) is 26.3 Å². The number of nitrogens with one attached hydrogen (secondary N) is 2. The molecule has 2 amide bonds. The van der Waals surface area contributed by atoms with Gasteiger partial charge in [-0.3, -0.25) is 14.6 Å². The second kappa shape index (κ2) is 9.52. The van der Waals surface area contributed by atoms with Crippen LogP contribution >= 0.6 is 11.8 Å². The SMILES string of the molecule is CN[C@H](C(=O)N1CCC[C@H]1C(=O)NCc1ccc(C2SC=NC2C)cc1)C(C)(C)C. The highest BCUT2D eigenvalue weighted by Gasteiger charge is 2.40. The second-order valence-corrected chi connectivity index (χ2v) is 10.3. The Balaban J connectivity index is 1.58. The van der Waals surface area contributed by atoms with E-state index < -0.39 is 0 Å². The minimum absolute atomic E-state index is 0.0115. The molecule has 1 aromatic rings. The van der Waals surface area contributed by atoms with Crippen LogP contribution in [-0.4, -0.2) is 54.0 Å². The van der Waals surface area contributed by atoms with Crippen molar-refractivity contribution in [1.29, 1.82) is 0 Å². The Hall–Kier alpha value is -1.86. The largest absolute Gasteiger partial charge is 0.350 e. The maximum absolute atomic E-state index is 13.1. The molecule has 0 bridgehead atoms. The highest BCUT2D eigenvalue weighted by molar-refractivity contribution is 8.12. The molecule has 1 fully saturated rings. The zero-order valence-electron chi connectivity index (χ0n) is 18.6. The Morgan fingerprint density at radius 1 is 1.27 bits per heavy atom. The summed E-state index contributed by atoms with van der Waals surface area (Å²) >= 11 is 1.75. The van der Waals surface area contributed by atoms with Crippen molar-refractivity contribution < 1.29 is 9.59 Å². The molecular formula is C23H34N4O2S. The summed E-state index contributed by atoms with van der Waals surface area (Å²) < 4.78 is 0. The third kappa shape index (κ3) is 5.06. The van der Waals surface area contributed by atoms with Crippen LogP contribution in [0.25, 0.3) is 0 Å². The number of hydrogen-bond acceptors (Lipinski definition) is 5. The van der Waals surface area contributed by atoms with Crippen LogP contribution in [0.1, 0.15) is 56.9 Å². The van der Waals surface area contributed by atoms with Crippen LogP contribution in [-0.2, 0) is 16.1 Å². The van der Waals surface area contributed by atoms with E-state index in [4.69, 9.17) is 0 Å². The molecule has 2 heterocycles. The van der Waals surface area contributed by atoms with Gasteiger partial charge in [0.15, 0.2) is 0 Å². The maximum Gasteiger partial charge on any atom is 0.243 e. The number of likely N-dealkylation sites (tertiary alicyclic amines) is 1. The topological polar surface area (TPSA) is 73.8 Å². The number of thioether (sulfide) groups is 1. The molecule has 3 rings (SSSR count). The lowest BCUT2D eigenvalue weighted by Crippen LogP contribution is -2.55. The summed E-state index contributed by atoms with van der Waals surface area (Å²) in [6, 6.07) is 7.97. The van der Waals surface area contributed by atoms with Crippen LogP contribution in [0.2, 0.25) is 0 Å². The molecule has 2 unspecified atom stereocenters. The van der Waals surface area contributed by atoms with E-state index in [9.17, 15) is 9.59 Å². The van der Waals surface area contributed by atoms with E-state index in [1.54, 1.807) is 23.7 Å². The normalized spacial score (nSPS) is 24.8. The number of likely N-dealkylation sites (N-methyl/N-ethyl adjacent to an activating group) is 1. The van der Waals surface area contributed by atoms with Gasteiger partial charge in [-0.1, -0.05) is 45.0 Å². The van der Waals surface area contributed by atoms with Crippen molar-refractivity contribution in [2.75, 3.05) is 13.6 Å². The number of benzene rings is 1. The number of carbonyl (C=O) groups excluding carboxylic acids is 2. The zero-order valence-corrected chi connectivity index (χ0v) is 19.5. The third-order valence-electron chi connectivity index (χ3n) is 5.96. The van der Waals surface area contributed by atoms with Crippen molar-refractivity contribution in [1.82, 2.24) is 15.5 Å². The highest BCUT2D eigenvalue weighted by Crippen LogP contribution is 2.36. The van der Waals surface area contributed by atoms with Crippen molar-refractivity contribution in [2.24, 2.45) is 10.4 Å². The Kier molecular flexibility index (Phi) is 7.24. The van der Waals surface area contributed by atoms with E-state index in [1.165, 1.54) is 5.56 Å². The summed E-state index contributed by atoms with van der Waals surface area (Å²) in [6.07, 6.45) is 1.58. The van der Waals surface area contributed by atoms with E-state index in [0.29, 0.717) is 30.8 Å². The van der Waals surface area contributed by atoms with E-state index in [2.05, 4.69) is 46.8 Å². The van der Waals surface area contributed by atoms with Gasteiger partial charge >= 0.3 is 0 Å².